The zero-order valence-electron chi connectivity index (χ0n) is 12.5. The van der Waals surface area contributed by atoms with E-state index in [1.807, 2.05) is 32.0 Å². The second-order valence-electron chi connectivity index (χ2n) is 3.53. The molecule has 0 heterocycles. The molecule has 0 saturated carbocycles. The molecule has 1 amide bonds. The smallest absolute Gasteiger partial charge is 0.406 e. The maximum atomic E-state index is 10.3. The molecule has 1 aromatic carbocycles. The molecule has 1 N–H and O–H groups in total. The van der Waals surface area contributed by atoms with E-state index < -0.39 is 6.09 Å². The number of rotatable bonds is 3. The molecule has 0 atom stereocenters. The van der Waals surface area contributed by atoms with E-state index in [0.29, 0.717) is 13.0 Å². The van der Waals surface area contributed by atoms with E-state index in [2.05, 4.69) is 29.1 Å². The first-order chi connectivity index (χ1) is 9.06. The van der Waals surface area contributed by atoms with Crippen molar-refractivity contribution < 1.29 is 14.3 Å². The summed E-state index contributed by atoms with van der Waals surface area (Å²) < 4.78 is 4.27. The number of ether oxygens (including phenoxy) is 1. The van der Waals surface area contributed by atoms with E-state index in [1.165, 1.54) is 19.6 Å². The molecule has 0 spiro atoms. The molecular weight excluding hydrogens is 242 g/mol. The van der Waals surface area contributed by atoms with Crippen molar-refractivity contribution in [2.45, 2.75) is 34.1 Å². The zero-order chi connectivity index (χ0) is 15.1. The standard InChI is InChI=1S/C7H8.C6H11NO3.C2H6/c1-7-5-3-2-4-6-7;1-5(8)3-4-7-6(9)10-2;1-2/h2-6H,1H3;3-4H2,1-2H3,(H,7,9);1-2H3. The summed E-state index contributed by atoms with van der Waals surface area (Å²) in [5, 5.41) is 2.38. The second kappa shape index (κ2) is 14.2. The summed E-state index contributed by atoms with van der Waals surface area (Å²) in [6.45, 7) is 7.90. The lowest BCUT2D eigenvalue weighted by Gasteiger charge is -1.99. The van der Waals surface area contributed by atoms with Crippen molar-refractivity contribution in [1.82, 2.24) is 5.32 Å². The fraction of sp³-hybridized carbons (Fsp3) is 0.467. The molecule has 108 valence electrons. The highest BCUT2D eigenvalue weighted by Gasteiger charge is 1.97. The third kappa shape index (κ3) is 16.2. The van der Waals surface area contributed by atoms with Crippen molar-refractivity contribution in [3.8, 4) is 0 Å². The van der Waals surface area contributed by atoms with E-state index in [-0.39, 0.29) is 5.78 Å². The monoisotopic (exact) mass is 267 g/mol. The van der Waals surface area contributed by atoms with Gasteiger partial charge in [-0.25, -0.2) is 4.79 Å². The highest BCUT2D eigenvalue weighted by Crippen LogP contribution is 1.92. The van der Waals surface area contributed by atoms with Gasteiger partial charge in [0.2, 0.25) is 0 Å². The van der Waals surface area contributed by atoms with Gasteiger partial charge in [-0.2, -0.15) is 0 Å². The van der Waals surface area contributed by atoms with Crippen LogP contribution in [0, 0.1) is 6.92 Å². The number of alkyl carbamates (subject to hydrolysis) is 1. The van der Waals surface area contributed by atoms with Gasteiger partial charge in [-0.15, -0.1) is 0 Å². The summed E-state index contributed by atoms with van der Waals surface area (Å²) in [4.78, 5) is 20.7. The predicted molar refractivity (Wildman–Crippen MR) is 78.2 cm³/mol. The zero-order valence-corrected chi connectivity index (χ0v) is 12.5. The highest BCUT2D eigenvalue weighted by atomic mass is 16.5. The maximum absolute atomic E-state index is 10.3. The molecule has 0 saturated heterocycles. The molecule has 19 heavy (non-hydrogen) atoms. The van der Waals surface area contributed by atoms with Crippen LogP contribution in [0.4, 0.5) is 4.79 Å². The molecule has 0 aliphatic carbocycles. The highest BCUT2D eigenvalue weighted by molar-refractivity contribution is 5.76. The lowest BCUT2D eigenvalue weighted by atomic mass is 10.2. The van der Waals surface area contributed by atoms with Crippen LogP contribution in [-0.2, 0) is 9.53 Å². The van der Waals surface area contributed by atoms with Crippen molar-refractivity contribution in [1.29, 1.82) is 0 Å². The average molecular weight is 267 g/mol. The Bertz CT molecular complexity index is 337. The molecular formula is C15H25NO3. The summed E-state index contributed by atoms with van der Waals surface area (Å²) in [5.41, 5.74) is 1.32. The Hall–Kier alpha value is -1.84. The molecule has 0 fully saturated rings. The van der Waals surface area contributed by atoms with Crippen LogP contribution < -0.4 is 5.32 Å². The lowest BCUT2D eigenvalue weighted by molar-refractivity contribution is -0.116. The number of amides is 1. The van der Waals surface area contributed by atoms with Gasteiger partial charge in [-0.1, -0.05) is 49.7 Å². The molecule has 0 bridgehead atoms. The van der Waals surface area contributed by atoms with E-state index in [1.54, 1.807) is 0 Å². The Morgan fingerprint density at radius 1 is 1.16 bits per heavy atom. The number of aryl methyl sites for hydroxylation is 1. The van der Waals surface area contributed by atoms with E-state index in [4.69, 9.17) is 0 Å². The number of carbonyl (C=O) groups excluding carboxylic acids is 2. The van der Waals surface area contributed by atoms with Crippen LogP contribution in [-0.4, -0.2) is 25.5 Å². The van der Waals surface area contributed by atoms with E-state index >= 15 is 0 Å². The Morgan fingerprint density at radius 3 is 2.00 bits per heavy atom. The van der Waals surface area contributed by atoms with Crippen LogP contribution >= 0.6 is 0 Å². The van der Waals surface area contributed by atoms with Crippen LogP contribution in [0.15, 0.2) is 30.3 Å². The Morgan fingerprint density at radius 2 is 1.68 bits per heavy atom. The number of hydrogen-bond acceptors (Lipinski definition) is 3. The molecule has 0 radical (unpaired) electrons. The molecule has 1 aromatic rings. The molecule has 1 rings (SSSR count). The van der Waals surface area contributed by atoms with Gasteiger partial charge in [0.15, 0.2) is 0 Å². The van der Waals surface area contributed by atoms with Crippen molar-refractivity contribution in [3.05, 3.63) is 35.9 Å². The van der Waals surface area contributed by atoms with E-state index in [9.17, 15) is 9.59 Å². The van der Waals surface area contributed by atoms with Gasteiger partial charge < -0.3 is 10.1 Å². The van der Waals surface area contributed by atoms with Gasteiger partial charge in [0.05, 0.1) is 7.11 Å². The van der Waals surface area contributed by atoms with Gasteiger partial charge >= 0.3 is 6.09 Å². The first kappa shape index (κ1) is 19.5. The van der Waals surface area contributed by atoms with Gasteiger partial charge in [-0.05, 0) is 13.8 Å². The Kier molecular flexibility index (Phi) is 14.6. The number of benzene rings is 1. The number of Topliss-reactive ketones (excluding diaryl/α,β-unsaturated/α-hetero) is 1. The normalized spacial score (nSPS) is 8.05. The summed E-state index contributed by atoms with van der Waals surface area (Å²) >= 11 is 0. The quantitative estimate of drug-likeness (QED) is 0.913. The van der Waals surface area contributed by atoms with Crippen LogP contribution in [0.25, 0.3) is 0 Å². The van der Waals surface area contributed by atoms with Crippen molar-refractivity contribution in [2.24, 2.45) is 0 Å². The average Bonchev–Trinajstić information content (AvgIpc) is 2.42. The van der Waals surface area contributed by atoms with Gasteiger partial charge in [-0.3, -0.25) is 4.79 Å². The van der Waals surface area contributed by atoms with Crippen LogP contribution in [0.1, 0.15) is 32.8 Å². The number of carbonyl (C=O) groups is 2. The molecule has 0 aromatic heterocycles. The SMILES string of the molecule is CC.COC(=O)NCCC(C)=O.Cc1ccccc1. The first-order valence-corrected chi connectivity index (χ1v) is 6.39. The summed E-state index contributed by atoms with van der Waals surface area (Å²) in [5.74, 6) is 0.0522. The number of methoxy groups -OCH3 is 1. The molecule has 4 heteroatoms. The number of hydrogen-bond donors (Lipinski definition) is 1. The predicted octanol–water partition coefficient (Wildman–Crippen LogP) is 3.34. The maximum Gasteiger partial charge on any atom is 0.406 e. The van der Waals surface area contributed by atoms with Crippen LogP contribution in [0.5, 0.6) is 0 Å². The number of ketones is 1. The van der Waals surface area contributed by atoms with Crippen molar-refractivity contribution >= 4 is 11.9 Å². The number of nitrogens with one attached hydrogen (secondary N) is 1. The largest absolute Gasteiger partial charge is 0.453 e. The third-order valence-electron chi connectivity index (χ3n) is 1.87. The fourth-order valence-electron chi connectivity index (χ4n) is 0.947. The van der Waals surface area contributed by atoms with Crippen molar-refractivity contribution in [3.63, 3.8) is 0 Å². The lowest BCUT2D eigenvalue weighted by Crippen LogP contribution is -2.25. The Balaban J connectivity index is 0. The summed E-state index contributed by atoms with van der Waals surface area (Å²) in [6.07, 6.45) is -0.143. The summed E-state index contributed by atoms with van der Waals surface area (Å²) in [6, 6.07) is 10.3. The second-order valence-corrected chi connectivity index (χ2v) is 3.53. The Labute approximate surface area is 116 Å². The molecule has 0 aliphatic rings. The molecule has 4 nitrogen and oxygen atoms in total. The topological polar surface area (TPSA) is 55.4 Å². The van der Waals surface area contributed by atoms with E-state index in [0.717, 1.165) is 0 Å². The van der Waals surface area contributed by atoms with Gasteiger partial charge in [0.1, 0.15) is 5.78 Å². The fourth-order valence-corrected chi connectivity index (χ4v) is 0.947. The first-order valence-electron chi connectivity index (χ1n) is 6.39. The van der Waals surface area contributed by atoms with Crippen LogP contribution in [0.2, 0.25) is 0 Å². The summed E-state index contributed by atoms with van der Waals surface area (Å²) in [7, 11) is 1.28. The molecule has 0 unspecified atom stereocenters. The molecule has 0 aliphatic heterocycles. The van der Waals surface area contributed by atoms with Gasteiger partial charge in [0.25, 0.3) is 0 Å². The van der Waals surface area contributed by atoms with Gasteiger partial charge in [0, 0.05) is 13.0 Å². The minimum Gasteiger partial charge on any atom is -0.453 e. The third-order valence-corrected chi connectivity index (χ3v) is 1.87. The minimum absolute atomic E-state index is 0.0522. The van der Waals surface area contributed by atoms with Crippen LogP contribution in [0.3, 0.4) is 0 Å². The van der Waals surface area contributed by atoms with Crippen molar-refractivity contribution in [2.75, 3.05) is 13.7 Å². The minimum atomic E-state index is -0.499.